The molecule has 1 unspecified atom stereocenters. The summed E-state index contributed by atoms with van der Waals surface area (Å²) in [7, 11) is 0. The first-order chi connectivity index (χ1) is 8.58. The van der Waals surface area contributed by atoms with Crippen molar-refractivity contribution in [2.45, 2.75) is 26.3 Å². The molecule has 1 aliphatic rings. The highest BCUT2D eigenvalue weighted by molar-refractivity contribution is 9.10. The Morgan fingerprint density at radius 1 is 1.44 bits per heavy atom. The molecule has 1 heterocycles. The molecule has 0 aromatic heterocycles. The normalized spacial score (nSPS) is 17.6. The van der Waals surface area contributed by atoms with Gasteiger partial charge in [0.1, 0.15) is 6.04 Å². The molecule has 0 spiro atoms. The van der Waals surface area contributed by atoms with Crippen molar-refractivity contribution in [3.8, 4) is 0 Å². The molecule has 0 saturated carbocycles. The summed E-state index contributed by atoms with van der Waals surface area (Å²) in [5, 5.41) is 2.82. The van der Waals surface area contributed by atoms with E-state index in [0.717, 1.165) is 40.9 Å². The number of halogens is 1. The van der Waals surface area contributed by atoms with Crippen LogP contribution in [0.5, 0.6) is 0 Å². The van der Waals surface area contributed by atoms with Gasteiger partial charge in [-0.25, -0.2) is 0 Å². The number of amides is 1. The fraction of sp³-hybridized carbons (Fsp3) is 0.462. The molecule has 1 aromatic rings. The molecule has 1 aliphatic heterocycles. The van der Waals surface area contributed by atoms with E-state index in [1.165, 1.54) is 0 Å². The molecular formula is C13H18BrN3O. The molecule has 2 rings (SSSR count). The van der Waals surface area contributed by atoms with Crippen molar-refractivity contribution in [1.82, 2.24) is 0 Å². The molecule has 0 fully saturated rings. The van der Waals surface area contributed by atoms with E-state index in [-0.39, 0.29) is 5.91 Å². The number of hydrogen-bond donors (Lipinski definition) is 2. The first kappa shape index (κ1) is 13.4. The SMILES string of the molecule is CCCN(CC)c1cc2c(cc1Br)C(N)C(=O)N2. The third kappa shape index (κ3) is 2.24. The molecular weight excluding hydrogens is 294 g/mol. The summed E-state index contributed by atoms with van der Waals surface area (Å²) in [5.74, 6) is -0.132. The summed E-state index contributed by atoms with van der Waals surface area (Å²) in [4.78, 5) is 13.8. The number of hydrogen-bond acceptors (Lipinski definition) is 3. The average molecular weight is 312 g/mol. The highest BCUT2D eigenvalue weighted by atomic mass is 79.9. The van der Waals surface area contributed by atoms with E-state index in [0.29, 0.717) is 0 Å². The van der Waals surface area contributed by atoms with Crippen LogP contribution in [0.4, 0.5) is 11.4 Å². The number of nitrogens with one attached hydrogen (secondary N) is 1. The zero-order chi connectivity index (χ0) is 13.3. The van der Waals surface area contributed by atoms with Gasteiger partial charge in [0.2, 0.25) is 5.91 Å². The maximum absolute atomic E-state index is 11.6. The Morgan fingerprint density at radius 2 is 2.17 bits per heavy atom. The quantitative estimate of drug-likeness (QED) is 0.898. The molecule has 0 saturated heterocycles. The number of carbonyl (C=O) groups excluding carboxylic acids is 1. The Labute approximate surface area is 116 Å². The van der Waals surface area contributed by atoms with Gasteiger partial charge >= 0.3 is 0 Å². The maximum atomic E-state index is 11.6. The van der Waals surface area contributed by atoms with Gasteiger partial charge in [0.05, 0.1) is 5.69 Å². The second-order valence-electron chi connectivity index (χ2n) is 4.44. The molecule has 18 heavy (non-hydrogen) atoms. The van der Waals surface area contributed by atoms with Crippen LogP contribution in [-0.2, 0) is 4.79 Å². The van der Waals surface area contributed by atoms with E-state index in [9.17, 15) is 4.79 Å². The third-order valence-electron chi connectivity index (χ3n) is 3.21. The van der Waals surface area contributed by atoms with Gasteiger partial charge in [-0.05, 0) is 41.4 Å². The van der Waals surface area contributed by atoms with Crippen molar-refractivity contribution in [2.24, 2.45) is 5.73 Å². The molecule has 4 nitrogen and oxygen atoms in total. The Morgan fingerprint density at radius 3 is 2.78 bits per heavy atom. The molecule has 1 aromatic carbocycles. The number of anilines is 2. The van der Waals surface area contributed by atoms with Crippen LogP contribution in [0.3, 0.4) is 0 Å². The number of nitrogens with zero attached hydrogens (tertiary/aromatic N) is 1. The predicted octanol–water partition coefficient (Wildman–Crippen LogP) is 2.64. The number of rotatable bonds is 4. The lowest BCUT2D eigenvalue weighted by Gasteiger charge is -2.24. The van der Waals surface area contributed by atoms with Crippen LogP contribution in [0.2, 0.25) is 0 Å². The Kier molecular flexibility index (Phi) is 3.92. The van der Waals surface area contributed by atoms with E-state index in [2.05, 4.69) is 40.0 Å². The van der Waals surface area contributed by atoms with Gasteiger partial charge in [0, 0.05) is 28.8 Å². The van der Waals surface area contributed by atoms with E-state index < -0.39 is 6.04 Å². The van der Waals surface area contributed by atoms with Crippen LogP contribution in [0.1, 0.15) is 31.9 Å². The Balaban J connectivity index is 2.40. The van der Waals surface area contributed by atoms with Gasteiger partial charge in [-0.1, -0.05) is 6.92 Å². The number of benzene rings is 1. The lowest BCUT2D eigenvalue weighted by molar-refractivity contribution is -0.116. The van der Waals surface area contributed by atoms with Gasteiger partial charge in [0.15, 0.2) is 0 Å². The second-order valence-corrected chi connectivity index (χ2v) is 5.29. The molecule has 1 amide bonds. The molecule has 1 atom stereocenters. The van der Waals surface area contributed by atoms with Crippen LogP contribution in [-0.4, -0.2) is 19.0 Å². The van der Waals surface area contributed by atoms with Crippen molar-refractivity contribution in [3.63, 3.8) is 0 Å². The molecule has 5 heteroatoms. The van der Waals surface area contributed by atoms with Crippen molar-refractivity contribution >= 4 is 33.2 Å². The zero-order valence-electron chi connectivity index (χ0n) is 10.7. The number of nitrogens with two attached hydrogens (primary N) is 1. The summed E-state index contributed by atoms with van der Waals surface area (Å²) in [5.41, 5.74) is 8.63. The van der Waals surface area contributed by atoms with Gasteiger partial charge in [0.25, 0.3) is 0 Å². The third-order valence-corrected chi connectivity index (χ3v) is 3.85. The summed E-state index contributed by atoms with van der Waals surface area (Å²) in [6.45, 7) is 6.21. The topological polar surface area (TPSA) is 58.4 Å². The van der Waals surface area contributed by atoms with Gasteiger partial charge < -0.3 is 16.0 Å². The lowest BCUT2D eigenvalue weighted by atomic mass is 10.1. The Bertz CT molecular complexity index is 476. The summed E-state index contributed by atoms with van der Waals surface area (Å²) in [6, 6.07) is 3.40. The van der Waals surface area contributed by atoms with Gasteiger partial charge in [-0.3, -0.25) is 4.79 Å². The van der Waals surface area contributed by atoms with Crippen molar-refractivity contribution in [2.75, 3.05) is 23.3 Å². The van der Waals surface area contributed by atoms with Crippen LogP contribution in [0.15, 0.2) is 16.6 Å². The summed E-state index contributed by atoms with van der Waals surface area (Å²) in [6.07, 6.45) is 1.09. The minimum atomic E-state index is -0.549. The first-order valence-electron chi connectivity index (χ1n) is 6.23. The molecule has 0 aliphatic carbocycles. The van der Waals surface area contributed by atoms with E-state index in [1.54, 1.807) is 0 Å². The standard InChI is InChI=1S/C13H18BrN3O/c1-3-5-17(4-2)11-7-10-8(6-9(11)14)12(15)13(18)16-10/h6-7,12H,3-5,15H2,1-2H3,(H,16,18). The van der Waals surface area contributed by atoms with E-state index in [1.807, 2.05) is 12.1 Å². The highest BCUT2D eigenvalue weighted by Gasteiger charge is 2.28. The number of carbonyl (C=O) groups is 1. The number of fused-ring (bicyclic) bond motifs is 1. The van der Waals surface area contributed by atoms with Crippen LogP contribution < -0.4 is 16.0 Å². The molecule has 0 bridgehead atoms. The van der Waals surface area contributed by atoms with Crippen molar-refractivity contribution < 1.29 is 4.79 Å². The minimum Gasteiger partial charge on any atom is -0.371 e. The van der Waals surface area contributed by atoms with Crippen LogP contribution >= 0.6 is 15.9 Å². The largest absolute Gasteiger partial charge is 0.371 e. The fourth-order valence-electron chi connectivity index (χ4n) is 2.26. The van der Waals surface area contributed by atoms with Crippen molar-refractivity contribution in [1.29, 1.82) is 0 Å². The lowest BCUT2D eigenvalue weighted by Crippen LogP contribution is -2.23. The predicted molar refractivity (Wildman–Crippen MR) is 77.9 cm³/mol. The van der Waals surface area contributed by atoms with Crippen LogP contribution in [0, 0.1) is 0 Å². The van der Waals surface area contributed by atoms with Gasteiger partial charge in [-0.15, -0.1) is 0 Å². The zero-order valence-corrected chi connectivity index (χ0v) is 12.3. The van der Waals surface area contributed by atoms with E-state index >= 15 is 0 Å². The van der Waals surface area contributed by atoms with Crippen LogP contribution in [0.25, 0.3) is 0 Å². The molecule has 98 valence electrons. The first-order valence-corrected chi connectivity index (χ1v) is 7.02. The second kappa shape index (κ2) is 5.28. The highest BCUT2D eigenvalue weighted by Crippen LogP contribution is 2.38. The van der Waals surface area contributed by atoms with Gasteiger partial charge in [-0.2, -0.15) is 0 Å². The summed E-state index contributed by atoms with van der Waals surface area (Å²) < 4.78 is 0.989. The minimum absolute atomic E-state index is 0.132. The van der Waals surface area contributed by atoms with E-state index in [4.69, 9.17) is 5.73 Å². The maximum Gasteiger partial charge on any atom is 0.245 e. The fourth-order valence-corrected chi connectivity index (χ4v) is 2.87. The molecule has 3 N–H and O–H groups in total. The Hall–Kier alpha value is -1.07. The summed E-state index contributed by atoms with van der Waals surface area (Å²) >= 11 is 3.57. The monoisotopic (exact) mass is 311 g/mol. The smallest absolute Gasteiger partial charge is 0.245 e. The average Bonchev–Trinajstić information content (AvgIpc) is 2.62. The van der Waals surface area contributed by atoms with Crippen molar-refractivity contribution in [3.05, 3.63) is 22.2 Å². The molecule has 0 radical (unpaired) electrons.